The molecule has 0 aliphatic heterocycles. The van der Waals surface area contributed by atoms with Gasteiger partial charge in [0, 0.05) is 58.0 Å². The Kier molecular flexibility index (Phi) is 3.66. The fourth-order valence-electron chi connectivity index (χ4n) is 1.49. The Morgan fingerprint density at radius 3 is 2.06 bits per heavy atom. The topological polar surface area (TPSA) is 58.0 Å². The second-order valence-electron chi connectivity index (χ2n) is 4.19. The Balaban J connectivity index is 2.05. The minimum atomic E-state index is 0.678. The summed E-state index contributed by atoms with van der Waals surface area (Å²) >= 11 is 0. The zero-order chi connectivity index (χ0) is 13.0. The summed E-state index contributed by atoms with van der Waals surface area (Å²) in [5.41, 5.74) is 1.02. The van der Waals surface area contributed by atoms with Crippen molar-refractivity contribution in [3.8, 4) is 0 Å². The van der Waals surface area contributed by atoms with Crippen molar-refractivity contribution in [2.75, 3.05) is 30.9 Å². The third-order valence-electron chi connectivity index (χ3n) is 2.40. The fourth-order valence-corrected chi connectivity index (χ4v) is 1.49. The van der Waals surface area contributed by atoms with Gasteiger partial charge >= 0.3 is 0 Å². The quantitative estimate of drug-likeness (QED) is 0.798. The molecule has 0 aromatic carbocycles. The van der Waals surface area contributed by atoms with Gasteiger partial charge in [-0.3, -0.25) is 0 Å². The Labute approximate surface area is 106 Å². The molecule has 0 amide bonds. The van der Waals surface area contributed by atoms with Crippen LogP contribution in [0.1, 0.15) is 5.56 Å². The highest BCUT2D eigenvalue weighted by Crippen LogP contribution is 2.09. The van der Waals surface area contributed by atoms with Crippen molar-refractivity contribution >= 4 is 11.9 Å². The zero-order valence-corrected chi connectivity index (χ0v) is 10.8. The molecule has 0 spiro atoms. The highest BCUT2D eigenvalue weighted by molar-refractivity contribution is 5.31. The van der Waals surface area contributed by atoms with Crippen LogP contribution < -0.4 is 9.80 Å². The number of anilines is 2. The van der Waals surface area contributed by atoms with Crippen LogP contribution >= 0.6 is 0 Å². The molecule has 6 heteroatoms. The second kappa shape index (κ2) is 5.39. The van der Waals surface area contributed by atoms with Gasteiger partial charge in [0.25, 0.3) is 0 Å². The van der Waals surface area contributed by atoms with E-state index in [0.29, 0.717) is 18.4 Å². The van der Waals surface area contributed by atoms with E-state index in [1.54, 1.807) is 18.5 Å². The van der Waals surface area contributed by atoms with Crippen LogP contribution in [0.3, 0.4) is 0 Å². The minimum Gasteiger partial charge on any atom is -0.347 e. The van der Waals surface area contributed by atoms with Crippen LogP contribution in [0.25, 0.3) is 0 Å². The van der Waals surface area contributed by atoms with Gasteiger partial charge in [0.05, 0.1) is 0 Å². The second-order valence-corrected chi connectivity index (χ2v) is 4.19. The molecule has 0 bridgehead atoms. The van der Waals surface area contributed by atoms with Crippen LogP contribution in [0.15, 0.2) is 30.9 Å². The Hall–Kier alpha value is -2.24. The molecule has 6 nitrogen and oxygen atoms in total. The fraction of sp³-hybridized carbons (Fsp3) is 0.333. The highest BCUT2D eigenvalue weighted by atomic mass is 15.2. The third kappa shape index (κ3) is 2.91. The monoisotopic (exact) mass is 244 g/mol. The molecule has 2 aromatic heterocycles. The van der Waals surface area contributed by atoms with Crippen molar-refractivity contribution in [2.45, 2.75) is 6.54 Å². The van der Waals surface area contributed by atoms with Crippen LogP contribution in [0.5, 0.6) is 0 Å². The van der Waals surface area contributed by atoms with Gasteiger partial charge in [-0.15, -0.1) is 0 Å². The van der Waals surface area contributed by atoms with E-state index in [1.807, 2.05) is 43.3 Å². The number of hydrogen-bond acceptors (Lipinski definition) is 6. The minimum absolute atomic E-state index is 0.678. The first kappa shape index (κ1) is 12.2. The SMILES string of the molecule is CN(C)c1ncc(CN(C)c2ncccn2)cn1. The summed E-state index contributed by atoms with van der Waals surface area (Å²) in [4.78, 5) is 20.7. The molecule has 0 aliphatic carbocycles. The third-order valence-corrected chi connectivity index (χ3v) is 2.40. The van der Waals surface area contributed by atoms with E-state index in [1.165, 1.54) is 0 Å². The first-order valence-electron chi connectivity index (χ1n) is 5.63. The van der Waals surface area contributed by atoms with Crippen LogP contribution in [0, 0.1) is 0 Å². The molecule has 0 saturated carbocycles. The van der Waals surface area contributed by atoms with E-state index in [0.717, 1.165) is 5.56 Å². The molecule has 2 heterocycles. The highest BCUT2D eigenvalue weighted by Gasteiger charge is 2.05. The number of hydrogen-bond donors (Lipinski definition) is 0. The summed E-state index contributed by atoms with van der Waals surface area (Å²) in [5.74, 6) is 1.39. The van der Waals surface area contributed by atoms with E-state index in [4.69, 9.17) is 0 Å². The first-order valence-corrected chi connectivity index (χ1v) is 5.63. The normalized spacial score (nSPS) is 10.2. The lowest BCUT2D eigenvalue weighted by Crippen LogP contribution is -2.19. The Bertz CT molecular complexity index is 482. The molecule has 0 N–H and O–H groups in total. The summed E-state index contributed by atoms with van der Waals surface area (Å²) in [5, 5.41) is 0. The van der Waals surface area contributed by atoms with Gasteiger partial charge in [-0.2, -0.15) is 0 Å². The Morgan fingerprint density at radius 1 is 0.889 bits per heavy atom. The standard InChI is InChI=1S/C12H16N6/c1-17(2)11-15-7-10(8-16-11)9-18(3)12-13-5-4-6-14-12/h4-8H,9H2,1-3H3. The lowest BCUT2D eigenvalue weighted by Gasteiger charge is -2.16. The predicted molar refractivity (Wildman–Crippen MR) is 70.5 cm³/mol. The summed E-state index contributed by atoms with van der Waals surface area (Å²) < 4.78 is 0. The molecule has 0 unspecified atom stereocenters. The number of nitrogens with zero attached hydrogens (tertiary/aromatic N) is 6. The molecule has 2 aromatic rings. The molecule has 18 heavy (non-hydrogen) atoms. The molecule has 94 valence electrons. The molecule has 0 fully saturated rings. The molecule has 2 rings (SSSR count). The summed E-state index contributed by atoms with van der Waals surface area (Å²) in [6.45, 7) is 0.678. The molecule has 0 atom stereocenters. The van der Waals surface area contributed by atoms with Crippen molar-refractivity contribution in [1.82, 2.24) is 19.9 Å². The van der Waals surface area contributed by atoms with Crippen molar-refractivity contribution in [3.05, 3.63) is 36.4 Å². The van der Waals surface area contributed by atoms with Crippen molar-refractivity contribution in [1.29, 1.82) is 0 Å². The Morgan fingerprint density at radius 2 is 1.50 bits per heavy atom. The van der Waals surface area contributed by atoms with Crippen LogP contribution in [-0.4, -0.2) is 41.1 Å². The largest absolute Gasteiger partial charge is 0.347 e. The van der Waals surface area contributed by atoms with E-state index in [-0.39, 0.29) is 0 Å². The number of rotatable bonds is 4. The molecular weight excluding hydrogens is 228 g/mol. The summed E-state index contributed by atoms with van der Waals surface area (Å²) in [6.07, 6.45) is 7.10. The first-order chi connectivity index (χ1) is 8.66. The van der Waals surface area contributed by atoms with Crippen molar-refractivity contribution < 1.29 is 0 Å². The van der Waals surface area contributed by atoms with E-state index in [9.17, 15) is 0 Å². The van der Waals surface area contributed by atoms with Crippen molar-refractivity contribution in [3.63, 3.8) is 0 Å². The van der Waals surface area contributed by atoms with E-state index in [2.05, 4.69) is 19.9 Å². The van der Waals surface area contributed by atoms with Crippen LogP contribution in [0.2, 0.25) is 0 Å². The van der Waals surface area contributed by atoms with Gasteiger partial charge in [0.2, 0.25) is 11.9 Å². The lowest BCUT2D eigenvalue weighted by molar-refractivity contribution is 0.850. The average Bonchev–Trinajstić information content (AvgIpc) is 2.40. The maximum absolute atomic E-state index is 4.27. The molecule has 0 saturated heterocycles. The van der Waals surface area contributed by atoms with Gasteiger partial charge in [-0.05, 0) is 6.07 Å². The average molecular weight is 244 g/mol. The van der Waals surface area contributed by atoms with Gasteiger partial charge in [0.1, 0.15) is 0 Å². The maximum atomic E-state index is 4.27. The van der Waals surface area contributed by atoms with Crippen molar-refractivity contribution in [2.24, 2.45) is 0 Å². The molecule has 0 radical (unpaired) electrons. The zero-order valence-electron chi connectivity index (χ0n) is 10.8. The lowest BCUT2D eigenvalue weighted by atomic mass is 10.3. The predicted octanol–water partition coefficient (Wildman–Crippen LogP) is 0.969. The molecular formula is C12H16N6. The van der Waals surface area contributed by atoms with Gasteiger partial charge in [0.15, 0.2) is 0 Å². The van der Waals surface area contributed by atoms with Gasteiger partial charge in [-0.25, -0.2) is 19.9 Å². The number of aromatic nitrogens is 4. The van der Waals surface area contributed by atoms with E-state index < -0.39 is 0 Å². The van der Waals surface area contributed by atoms with E-state index >= 15 is 0 Å². The van der Waals surface area contributed by atoms with Crippen LogP contribution in [-0.2, 0) is 6.54 Å². The summed E-state index contributed by atoms with van der Waals surface area (Å²) in [6, 6.07) is 1.80. The van der Waals surface area contributed by atoms with Crippen LogP contribution in [0.4, 0.5) is 11.9 Å². The van der Waals surface area contributed by atoms with Gasteiger partial charge < -0.3 is 9.80 Å². The summed E-state index contributed by atoms with van der Waals surface area (Å²) in [7, 11) is 5.77. The van der Waals surface area contributed by atoms with Gasteiger partial charge in [-0.1, -0.05) is 0 Å². The maximum Gasteiger partial charge on any atom is 0.225 e. The molecule has 0 aliphatic rings. The smallest absolute Gasteiger partial charge is 0.225 e.